The van der Waals surface area contributed by atoms with E-state index in [1.165, 1.54) is 6.92 Å². The Bertz CT molecular complexity index is 841. The molecule has 8 heteroatoms. The zero-order valence-electron chi connectivity index (χ0n) is 14.7. The van der Waals surface area contributed by atoms with E-state index >= 15 is 0 Å². The monoisotopic (exact) mass is 385 g/mol. The van der Waals surface area contributed by atoms with Crippen molar-refractivity contribution in [2.45, 2.75) is 29.2 Å². The van der Waals surface area contributed by atoms with Crippen LogP contribution in [-0.4, -0.2) is 30.6 Å². The summed E-state index contributed by atoms with van der Waals surface area (Å²) in [4.78, 5) is 38.8. The van der Waals surface area contributed by atoms with Crippen molar-refractivity contribution in [1.82, 2.24) is 5.32 Å². The third-order valence-corrected chi connectivity index (χ3v) is 5.13. The lowest BCUT2D eigenvalue weighted by molar-refractivity contribution is -0.154. The number of para-hydroxylation sites is 2. The van der Waals surface area contributed by atoms with E-state index in [9.17, 15) is 14.4 Å². The van der Waals surface area contributed by atoms with E-state index < -0.39 is 24.0 Å². The van der Waals surface area contributed by atoms with Gasteiger partial charge in [-0.05, 0) is 31.2 Å². The number of nitrogens with zero attached hydrogens (tertiary/aromatic N) is 1. The maximum Gasteiger partial charge on any atom is 0.318 e. The molecular weight excluding hydrogens is 366 g/mol. The molecule has 0 aliphatic carbocycles. The molecule has 1 heterocycles. The van der Waals surface area contributed by atoms with Crippen molar-refractivity contribution in [3.05, 3.63) is 48.5 Å². The highest BCUT2D eigenvalue weighted by Gasteiger charge is 2.24. The van der Waals surface area contributed by atoms with Gasteiger partial charge < -0.3 is 15.4 Å². The average molecular weight is 385 g/mol. The van der Waals surface area contributed by atoms with Crippen molar-refractivity contribution in [2.24, 2.45) is 5.73 Å². The summed E-state index contributed by atoms with van der Waals surface area (Å²) < 4.78 is 5.09. The largest absolute Gasteiger partial charge is 0.452 e. The van der Waals surface area contributed by atoms with Gasteiger partial charge in [-0.3, -0.25) is 14.9 Å². The Morgan fingerprint density at radius 3 is 2.19 bits per heavy atom. The Labute approximate surface area is 160 Å². The topological polar surface area (TPSA) is 102 Å². The highest BCUT2D eigenvalue weighted by Crippen LogP contribution is 2.47. The van der Waals surface area contributed by atoms with Crippen LogP contribution in [0.4, 0.5) is 16.2 Å². The van der Waals surface area contributed by atoms with E-state index in [-0.39, 0.29) is 6.42 Å². The minimum absolute atomic E-state index is 0.0848. The highest BCUT2D eigenvalue weighted by molar-refractivity contribution is 7.99. The molecule has 0 bridgehead atoms. The SMILES string of the molecule is CC(OC(=O)CCN1c2ccccc2Sc2ccccc21)C(=O)NC(N)=O. The van der Waals surface area contributed by atoms with Crippen molar-refractivity contribution >= 4 is 41.0 Å². The van der Waals surface area contributed by atoms with E-state index in [1.807, 2.05) is 53.8 Å². The van der Waals surface area contributed by atoms with Crippen LogP contribution in [0.1, 0.15) is 13.3 Å². The molecule has 2 aromatic carbocycles. The summed E-state index contributed by atoms with van der Waals surface area (Å²) in [6.07, 6.45) is -1.01. The lowest BCUT2D eigenvalue weighted by Gasteiger charge is -2.32. The van der Waals surface area contributed by atoms with Crippen LogP contribution in [0.2, 0.25) is 0 Å². The first-order valence-corrected chi connectivity index (χ1v) is 9.20. The number of hydrogen-bond donors (Lipinski definition) is 2. The molecule has 3 amide bonds. The second-order valence-electron chi connectivity index (χ2n) is 5.92. The molecule has 2 aromatic rings. The molecule has 0 saturated heterocycles. The number of primary amides is 1. The number of benzene rings is 2. The fourth-order valence-electron chi connectivity index (χ4n) is 2.76. The predicted octanol–water partition coefficient (Wildman–Crippen LogP) is 2.81. The second-order valence-corrected chi connectivity index (χ2v) is 7.01. The van der Waals surface area contributed by atoms with Crippen molar-refractivity contribution < 1.29 is 19.1 Å². The third kappa shape index (κ3) is 4.40. The third-order valence-electron chi connectivity index (χ3n) is 4.00. The number of amides is 3. The molecule has 1 aliphatic heterocycles. The van der Waals surface area contributed by atoms with E-state index in [0.29, 0.717) is 6.54 Å². The number of esters is 1. The molecule has 3 rings (SSSR count). The van der Waals surface area contributed by atoms with Crippen LogP contribution in [-0.2, 0) is 14.3 Å². The molecule has 0 fully saturated rings. The van der Waals surface area contributed by atoms with Gasteiger partial charge in [0.2, 0.25) is 0 Å². The Hall–Kier alpha value is -3.00. The quantitative estimate of drug-likeness (QED) is 0.768. The summed E-state index contributed by atoms with van der Waals surface area (Å²) in [6.45, 7) is 1.79. The van der Waals surface area contributed by atoms with Crippen molar-refractivity contribution in [3.8, 4) is 0 Å². The zero-order valence-corrected chi connectivity index (χ0v) is 15.5. The van der Waals surface area contributed by atoms with Crippen LogP contribution in [0.15, 0.2) is 58.3 Å². The number of hydrogen-bond acceptors (Lipinski definition) is 6. The number of nitrogens with one attached hydrogen (secondary N) is 1. The minimum Gasteiger partial charge on any atom is -0.452 e. The smallest absolute Gasteiger partial charge is 0.318 e. The van der Waals surface area contributed by atoms with Crippen LogP contribution < -0.4 is 16.0 Å². The predicted molar refractivity (Wildman–Crippen MR) is 102 cm³/mol. The van der Waals surface area contributed by atoms with E-state index in [2.05, 4.69) is 4.90 Å². The average Bonchev–Trinajstić information content (AvgIpc) is 2.64. The van der Waals surface area contributed by atoms with Gasteiger partial charge in [0.1, 0.15) is 0 Å². The number of nitrogens with two attached hydrogens (primary N) is 1. The summed E-state index contributed by atoms with van der Waals surface area (Å²) in [5.74, 6) is -1.28. The molecule has 27 heavy (non-hydrogen) atoms. The summed E-state index contributed by atoms with van der Waals surface area (Å²) in [5, 5.41) is 1.89. The Balaban J connectivity index is 1.68. The molecule has 0 radical (unpaired) electrons. The highest BCUT2D eigenvalue weighted by atomic mass is 32.2. The first kappa shape index (κ1) is 18.8. The molecular formula is C19H19N3O4S. The molecule has 3 N–H and O–H groups in total. The van der Waals surface area contributed by atoms with Gasteiger partial charge in [-0.1, -0.05) is 36.0 Å². The van der Waals surface area contributed by atoms with Gasteiger partial charge in [0, 0.05) is 16.3 Å². The molecule has 1 unspecified atom stereocenters. The standard InChI is InChI=1S/C19H19N3O4S/c1-12(18(24)21-19(20)25)26-17(23)10-11-22-13-6-2-4-8-15(13)27-16-9-5-3-7-14(16)22/h2-9,12H,10-11H2,1H3,(H3,20,21,24,25). The van der Waals surface area contributed by atoms with Gasteiger partial charge in [-0.25, -0.2) is 4.79 Å². The minimum atomic E-state index is -1.10. The van der Waals surface area contributed by atoms with Gasteiger partial charge in [-0.2, -0.15) is 0 Å². The Morgan fingerprint density at radius 1 is 1.07 bits per heavy atom. The van der Waals surface area contributed by atoms with Gasteiger partial charge in [-0.15, -0.1) is 0 Å². The number of anilines is 2. The lowest BCUT2D eigenvalue weighted by Crippen LogP contribution is -2.42. The summed E-state index contributed by atoms with van der Waals surface area (Å²) in [7, 11) is 0. The molecule has 1 aliphatic rings. The molecule has 0 saturated carbocycles. The van der Waals surface area contributed by atoms with E-state index in [1.54, 1.807) is 11.8 Å². The van der Waals surface area contributed by atoms with Gasteiger partial charge in [0.05, 0.1) is 17.8 Å². The molecule has 7 nitrogen and oxygen atoms in total. The fraction of sp³-hybridized carbons (Fsp3) is 0.211. The Morgan fingerprint density at radius 2 is 1.63 bits per heavy atom. The number of carbonyl (C=O) groups excluding carboxylic acids is 3. The maximum absolute atomic E-state index is 12.2. The van der Waals surface area contributed by atoms with Gasteiger partial charge >= 0.3 is 12.0 Å². The van der Waals surface area contributed by atoms with E-state index in [4.69, 9.17) is 10.5 Å². The van der Waals surface area contributed by atoms with E-state index in [0.717, 1.165) is 21.2 Å². The molecule has 0 aromatic heterocycles. The van der Waals surface area contributed by atoms with Crippen LogP contribution in [0, 0.1) is 0 Å². The molecule has 0 spiro atoms. The normalized spacial score (nSPS) is 13.1. The number of ether oxygens (including phenoxy) is 1. The van der Waals surface area contributed by atoms with Crippen LogP contribution >= 0.6 is 11.8 Å². The van der Waals surface area contributed by atoms with Crippen molar-refractivity contribution in [1.29, 1.82) is 0 Å². The second kappa shape index (κ2) is 8.13. The lowest BCUT2D eigenvalue weighted by atomic mass is 10.2. The van der Waals surface area contributed by atoms with Crippen molar-refractivity contribution in [2.75, 3.05) is 11.4 Å². The Kier molecular flexibility index (Phi) is 5.66. The maximum atomic E-state index is 12.2. The number of rotatable bonds is 5. The number of carbonyl (C=O) groups is 3. The van der Waals surface area contributed by atoms with Crippen molar-refractivity contribution in [3.63, 3.8) is 0 Å². The summed E-state index contributed by atoms with van der Waals surface area (Å²) >= 11 is 1.69. The molecule has 1 atom stereocenters. The zero-order chi connectivity index (χ0) is 19.4. The van der Waals surface area contributed by atoms with Crippen LogP contribution in [0.3, 0.4) is 0 Å². The number of imide groups is 1. The fourth-order valence-corrected chi connectivity index (χ4v) is 3.85. The number of urea groups is 1. The first-order valence-electron chi connectivity index (χ1n) is 8.39. The summed E-state index contributed by atoms with van der Waals surface area (Å²) in [5.41, 5.74) is 6.93. The summed E-state index contributed by atoms with van der Waals surface area (Å²) in [6, 6.07) is 15.0. The van der Waals surface area contributed by atoms with Gasteiger partial charge in [0.15, 0.2) is 6.10 Å². The number of fused-ring (bicyclic) bond motifs is 2. The van der Waals surface area contributed by atoms with Crippen LogP contribution in [0.25, 0.3) is 0 Å². The van der Waals surface area contributed by atoms with Crippen LogP contribution in [0.5, 0.6) is 0 Å². The molecule has 140 valence electrons. The first-order chi connectivity index (χ1) is 13.0. The van der Waals surface area contributed by atoms with Gasteiger partial charge in [0.25, 0.3) is 5.91 Å².